The van der Waals surface area contributed by atoms with Gasteiger partial charge >= 0.3 is 0 Å². The summed E-state index contributed by atoms with van der Waals surface area (Å²) in [5, 5.41) is 13.6. The zero-order valence-corrected chi connectivity index (χ0v) is 15.8. The van der Waals surface area contributed by atoms with Gasteiger partial charge in [-0.1, -0.05) is 11.2 Å². The molecule has 2 aromatic heterocycles. The van der Waals surface area contributed by atoms with E-state index in [4.69, 9.17) is 14.0 Å². The molecule has 0 saturated carbocycles. The molecule has 1 aliphatic rings. The molecular weight excluding hydrogens is 360 g/mol. The van der Waals surface area contributed by atoms with E-state index < -0.39 is 0 Å². The third kappa shape index (κ3) is 3.27. The van der Waals surface area contributed by atoms with Gasteiger partial charge in [-0.25, -0.2) is 4.98 Å². The highest BCUT2D eigenvalue weighted by molar-refractivity contribution is 5.69. The molecule has 1 fully saturated rings. The van der Waals surface area contributed by atoms with Gasteiger partial charge in [-0.05, 0) is 37.1 Å². The van der Waals surface area contributed by atoms with E-state index in [1.165, 1.54) is 0 Å². The first kappa shape index (κ1) is 18.2. The fraction of sp³-hybridized carbons (Fsp3) is 0.350. The predicted molar refractivity (Wildman–Crippen MR) is 104 cm³/mol. The van der Waals surface area contributed by atoms with Crippen LogP contribution in [0.25, 0.3) is 22.8 Å². The Hall–Kier alpha value is -3.13. The summed E-state index contributed by atoms with van der Waals surface area (Å²) in [7, 11) is 3.15. The summed E-state index contributed by atoms with van der Waals surface area (Å²) in [6, 6.07) is 9.45. The Morgan fingerprint density at radius 1 is 1.21 bits per heavy atom. The van der Waals surface area contributed by atoms with Crippen molar-refractivity contribution in [3.8, 4) is 34.3 Å². The Morgan fingerprint density at radius 3 is 2.82 bits per heavy atom. The van der Waals surface area contributed by atoms with Crippen LogP contribution in [-0.4, -0.2) is 53.6 Å². The molecule has 0 bridgehead atoms. The van der Waals surface area contributed by atoms with Crippen molar-refractivity contribution in [2.75, 3.05) is 32.3 Å². The number of pyridine rings is 1. The standard InChI is InChI=1S/C20H22N4O4/c1-26-16-7-3-6-15(18(16)27-2)19-22-20(28-23-19)13-8-9-17(21-11-13)24-10-4-5-14(24)12-25/h3,6-9,11,14,25H,4-5,10,12H2,1-2H3/t14-/m0/s1. The molecule has 3 heterocycles. The van der Waals surface area contributed by atoms with Crippen LogP contribution >= 0.6 is 0 Å². The number of rotatable bonds is 6. The number of aliphatic hydroxyl groups is 1. The molecule has 1 saturated heterocycles. The van der Waals surface area contributed by atoms with Crippen LogP contribution in [0.5, 0.6) is 11.5 Å². The van der Waals surface area contributed by atoms with Crippen molar-refractivity contribution >= 4 is 5.82 Å². The van der Waals surface area contributed by atoms with Crippen LogP contribution in [0.3, 0.4) is 0 Å². The number of methoxy groups -OCH3 is 2. The maximum Gasteiger partial charge on any atom is 0.259 e. The molecule has 4 rings (SSSR count). The average molecular weight is 382 g/mol. The SMILES string of the molecule is COc1cccc(-c2noc(-c3ccc(N4CCC[C@H]4CO)nc3)n2)c1OC. The molecule has 1 N–H and O–H groups in total. The van der Waals surface area contributed by atoms with Gasteiger partial charge in [-0.3, -0.25) is 0 Å². The molecule has 0 amide bonds. The van der Waals surface area contributed by atoms with E-state index in [1.54, 1.807) is 20.4 Å². The number of hydrogen-bond acceptors (Lipinski definition) is 8. The predicted octanol–water partition coefficient (Wildman–Crippen LogP) is 2.78. The number of benzene rings is 1. The summed E-state index contributed by atoms with van der Waals surface area (Å²) in [6.45, 7) is 1.04. The Labute approximate surface area is 162 Å². The van der Waals surface area contributed by atoms with Gasteiger partial charge in [0, 0.05) is 12.7 Å². The third-order valence-electron chi connectivity index (χ3n) is 4.95. The summed E-state index contributed by atoms with van der Waals surface area (Å²) in [6.07, 6.45) is 3.75. The monoisotopic (exact) mass is 382 g/mol. The lowest BCUT2D eigenvalue weighted by Gasteiger charge is -2.23. The van der Waals surface area contributed by atoms with Crippen molar-refractivity contribution in [1.29, 1.82) is 0 Å². The first-order valence-electron chi connectivity index (χ1n) is 9.14. The second kappa shape index (κ2) is 7.85. The van der Waals surface area contributed by atoms with E-state index in [2.05, 4.69) is 20.0 Å². The van der Waals surface area contributed by atoms with Gasteiger partial charge in [0.1, 0.15) is 5.82 Å². The van der Waals surface area contributed by atoms with E-state index in [-0.39, 0.29) is 12.6 Å². The van der Waals surface area contributed by atoms with E-state index in [0.29, 0.717) is 28.8 Å². The molecule has 0 aliphatic carbocycles. The zero-order chi connectivity index (χ0) is 19.5. The van der Waals surface area contributed by atoms with Gasteiger partial charge in [0.15, 0.2) is 11.5 Å². The highest BCUT2D eigenvalue weighted by Gasteiger charge is 2.25. The smallest absolute Gasteiger partial charge is 0.259 e. The Bertz CT molecular complexity index is 942. The highest BCUT2D eigenvalue weighted by Crippen LogP contribution is 2.37. The topological polar surface area (TPSA) is 93.7 Å². The number of aliphatic hydroxyl groups excluding tert-OH is 1. The number of aromatic nitrogens is 3. The van der Waals surface area contributed by atoms with Gasteiger partial charge < -0.3 is 24.0 Å². The van der Waals surface area contributed by atoms with Crippen molar-refractivity contribution in [3.63, 3.8) is 0 Å². The van der Waals surface area contributed by atoms with Crippen LogP contribution < -0.4 is 14.4 Å². The van der Waals surface area contributed by atoms with E-state index >= 15 is 0 Å². The minimum absolute atomic E-state index is 0.133. The first-order valence-corrected chi connectivity index (χ1v) is 9.14. The lowest BCUT2D eigenvalue weighted by Crippen LogP contribution is -2.32. The van der Waals surface area contributed by atoms with E-state index in [0.717, 1.165) is 30.8 Å². The number of hydrogen-bond donors (Lipinski definition) is 1. The van der Waals surface area contributed by atoms with Gasteiger partial charge in [-0.2, -0.15) is 4.98 Å². The van der Waals surface area contributed by atoms with Gasteiger partial charge in [-0.15, -0.1) is 0 Å². The Kier molecular flexibility index (Phi) is 5.12. The van der Waals surface area contributed by atoms with Crippen molar-refractivity contribution in [2.24, 2.45) is 0 Å². The molecule has 0 spiro atoms. The van der Waals surface area contributed by atoms with Gasteiger partial charge in [0.2, 0.25) is 5.82 Å². The van der Waals surface area contributed by atoms with Gasteiger partial charge in [0.25, 0.3) is 5.89 Å². The average Bonchev–Trinajstić information content (AvgIpc) is 3.42. The molecule has 8 heteroatoms. The van der Waals surface area contributed by atoms with Crippen LogP contribution in [0, 0.1) is 0 Å². The molecule has 0 unspecified atom stereocenters. The minimum Gasteiger partial charge on any atom is -0.493 e. The van der Waals surface area contributed by atoms with E-state index in [9.17, 15) is 5.11 Å². The quantitative estimate of drug-likeness (QED) is 0.696. The second-order valence-corrected chi connectivity index (χ2v) is 6.54. The second-order valence-electron chi connectivity index (χ2n) is 6.54. The third-order valence-corrected chi connectivity index (χ3v) is 4.95. The zero-order valence-electron chi connectivity index (χ0n) is 15.8. The molecular formula is C20H22N4O4. The summed E-state index contributed by atoms with van der Waals surface area (Å²) in [5.41, 5.74) is 1.41. The molecule has 28 heavy (non-hydrogen) atoms. The van der Waals surface area contributed by atoms with Crippen molar-refractivity contribution in [3.05, 3.63) is 36.5 Å². The molecule has 1 aromatic carbocycles. The largest absolute Gasteiger partial charge is 0.493 e. The molecule has 0 radical (unpaired) electrons. The Morgan fingerprint density at radius 2 is 2.11 bits per heavy atom. The number of ether oxygens (including phenoxy) is 2. The van der Waals surface area contributed by atoms with Crippen LogP contribution in [0.4, 0.5) is 5.82 Å². The number of anilines is 1. The lowest BCUT2D eigenvalue weighted by atomic mass is 10.1. The maximum atomic E-state index is 9.50. The van der Waals surface area contributed by atoms with Crippen LogP contribution in [0.1, 0.15) is 12.8 Å². The van der Waals surface area contributed by atoms with Crippen molar-refractivity contribution < 1.29 is 19.1 Å². The number of para-hydroxylation sites is 1. The normalized spacial score (nSPS) is 16.4. The Balaban J connectivity index is 1.60. The van der Waals surface area contributed by atoms with Crippen LogP contribution in [0.15, 0.2) is 41.1 Å². The highest BCUT2D eigenvalue weighted by atomic mass is 16.5. The summed E-state index contributed by atoms with van der Waals surface area (Å²) in [5.74, 6) is 2.78. The lowest BCUT2D eigenvalue weighted by molar-refractivity contribution is 0.266. The first-order chi connectivity index (χ1) is 13.7. The van der Waals surface area contributed by atoms with E-state index in [1.807, 2.05) is 30.3 Å². The van der Waals surface area contributed by atoms with Crippen molar-refractivity contribution in [1.82, 2.24) is 15.1 Å². The summed E-state index contributed by atoms with van der Waals surface area (Å²) < 4.78 is 16.2. The molecule has 1 atom stereocenters. The van der Waals surface area contributed by atoms with Crippen LogP contribution in [0.2, 0.25) is 0 Å². The molecule has 1 aliphatic heterocycles. The number of nitrogens with zero attached hydrogens (tertiary/aromatic N) is 4. The maximum absolute atomic E-state index is 9.50. The van der Waals surface area contributed by atoms with Crippen LogP contribution in [-0.2, 0) is 0 Å². The molecule has 146 valence electrons. The van der Waals surface area contributed by atoms with Crippen molar-refractivity contribution in [2.45, 2.75) is 18.9 Å². The van der Waals surface area contributed by atoms with Gasteiger partial charge in [0.05, 0.1) is 38.0 Å². The molecule has 3 aromatic rings. The minimum atomic E-state index is 0.133. The fourth-order valence-electron chi connectivity index (χ4n) is 3.52. The fourth-order valence-corrected chi connectivity index (χ4v) is 3.52. The molecule has 8 nitrogen and oxygen atoms in total. The summed E-state index contributed by atoms with van der Waals surface area (Å²) in [4.78, 5) is 11.1. The summed E-state index contributed by atoms with van der Waals surface area (Å²) >= 11 is 0.